The summed E-state index contributed by atoms with van der Waals surface area (Å²) in [6, 6.07) is 3.14. The number of carbonyl (C=O) groups is 1. The average Bonchev–Trinajstić information content (AvgIpc) is 3.22. The quantitative estimate of drug-likeness (QED) is 0.392. The van der Waals surface area contributed by atoms with E-state index in [9.17, 15) is 22.4 Å². The summed E-state index contributed by atoms with van der Waals surface area (Å²) < 4.78 is 62.5. The minimum Gasteiger partial charge on any atom is -0.471 e. The van der Waals surface area contributed by atoms with Crippen molar-refractivity contribution in [3.63, 3.8) is 0 Å². The van der Waals surface area contributed by atoms with Crippen molar-refractivity contribution in [2.75, 3.05) is 30.3 Å². The van der Waals surface area contributed by atoms with Crippen LogP contribution in [0.5, 0.6) is 5.88 Å². The molecule has 2 N–H and O–H groups in total. The summed E-state index contributed by atoms with van der Waals surface area (Å²) in [5, 5.41) is 5.78. The molecule has 9 nitrogen and oxygen atoms in total. The van der Waals surface area contributed by atoms with Gasteiger partial charge in [-0.2, -0.15) is 17.5 Å². The van der Waals surface area contributed by atoms with Crippen LogP contribution in [0.3, 0.4) is 0 Å². The molecule has 0 saturated carbocycles. The molecule has 3 aromatic heterocycles. The third kappa shape index (κ3) is 6.68. The SMILES string of the molecule is CCCN1CC[C@H](Oc2ccc(NC(=O)c3c(C)nsc3Nc3cnc(C(F)(F)F)cn3)cn2)[C@@H](F)C1. The molecule has 1 amide bonds. The number of piperidine rings is 1. The van der Waals surface area contributed by atoms with Crippen LogP contribution in [-0.4, -0.2) is 62.0 Å². The minimum atomic E-state index is -4.61. The van der Waals surface area contributed by atoms with E-state index in [-0.39, 0.29) is 17.3 Å². The summed E-state index contributed by atoms with van der Waals surface area (Å²) >= 11 is 0.958. The van der Waals surface area contributed by atoms with Crippen LogP contribution in [-0.2, 0) is 6.18 Å². The molecule has 0 aromatic carbocycles. The van der Waals surface area contributed by atoms with Gasteiger partial charge in [-0.1, -0.05) is 6.92 Å². The summed E-state index contributed by atoms with van der Waals surface area (Å²) in [4.78, 5) is 26.3. The summed E-state index contributed by atoms with van der Waals surface area (Å²) in [5.41, 5.74) is -0.134. The summed E-state index contributed by atoms with van der Waals surface area (Å²) in [6.45, 7) is 5.63. The number of aryl methyl sites for hydroxylation is 1. The zero-order valence-corrected chi connectivity index (χ0v) is 20.9. The first-order valence-electron chi connectivity index (χ1n) is 11.6. The molecule has 0 bridgehead atoms. The van der Waals surface area contributed by atoms with Crippen molar-refractivity contribution in [1.82, 2.24) is 24.2 Å². The van der Waals surface area contributed by atoms with Crippen molar-refractivity contribution in [1.29, 1.82) is 0 Å². The highest BCUT2D eigenvalue weighted by molar-refractivity contribution is 7.10. The van der Waals surface area contributed by atoms with Crippen LogP contribution in [0.25, 0.3) is 0 Å². The Hall–Kier alpha value is -3.39. The van der Waals surface area contributed by atoms with E-state index in [1.165, 1.54) is 6.20 Å². The van der Waals surface area contributed by atoms with Crippen LogP contribution in [0.15, 0.2) is 30.7 Å². The van der Waals surface area contributed by atoms with Crippen LogP contribution >= 0.6 is 11.5 Å². The lowest BCUT2D eigenvalue weighted by Gasteiger charge is -2.34. The zero-order valence-electron chi connectivity index (χ0n) is 20.0. The molecule has 3 aromatic rings. The number of amides is 1. The van der Waals surface area contributed by atoms with Crippen LogP contribution in [0, 0.1) is 6.92 Å². The van der Waals surface area contributed by atoms with Crippen LogP contribution in [0.2, 0.25) is 0 Å². The molecule has 198 valence electrons. The van der Waals surface area contributed by atoms with Crippen LogP contribution < -0.4 is 15.4 Å². The van der Waals surface area contributed by atoms with Gasteiger partial charge in [0.15, 0.2) is 5.69 Å². The van der Waals surface area contributed by atoms with Gasteiger partial charge in [-0.05, 0) is 43.9 Å². The van der Waals surface area contributed by atoms with E-state index < -0.39 is 30.1 Å². The Morgan fingerprint density at radius 2 is 2.03 bits per heavy atom. The molecule has 14 heteroatoms. The van der Waals surface area contributed by atoms with E-state index in [0.717, 1.165) is 37.2 Å². The monoisotopic (exact) mass is 539 g/mol. The van der Waals surface area contributed by atoms with Gasteiger partial charge >= 0.3 is 6.18 Å². The summed E-state index contributed by atoms with van der Waals surface area (Å²) in [5.74, 6) is -0.219. The van der Waals surface area contributed by atoms with Crippen molar-refractivity contribution >= 4 is 33.9 Å². The van der Waals surface area contributed by atoms with Crippen molar-refractivity contribution in [2.24, 2.45) is 0 Å². The fourth-order valence-electron chi connectivity index (χ4n) is 3.85. The van der Waals surface area contributed by atoms with Gasteiger partial charge in [-0.25, -0.2) is 19.3 Å². The van der Waals surface area contributed by atoms with Gasteiger partial charge < -0.3 is 20.3 Å². The third-order valence-corrected chi connectivity index (χ3v) is 6.50. The third-order valence-electron chi connectivity index (χ3n) is 5.65. The number of pyridine rings is 1. The highest BCUT2D eigenvalue weighted by Crippen LogP contribution is 2.30. The highest BCUT2D eigenvalue weighted by atomic mass is 32.1. The number of hydrogen-bond acceptors (Lipinski definition) is 9. The van der Waals surface area contributed by atoms with Gasteiger partial charge in [0.05, 0.1) is 35.5 Å². The first-order valence-corrected chi connectivity index (χ1v) is 12.3. The van der Waals surface area contributed by atoms with Gasteiger partial charge in [-0.3, -0.25) is 4.79 Å². The number of likely N-dealkylation sites (tertiary alicyclic amines) is 1. The Kier molecular flexibility index (Phi) is 8.17. The van der Waals surface area contributed by atoms with E-state index >= 15 is 0 Å². The van der Waals surface area contributed by atoms with E-state index in [1.54, 1.807) is 19.1 Å². The second-order valence-corrected chi connectivity index (χ2v) is 9.26. The van der Waals surface area contributed by atoms with E-state index in [2.05, 4.69) is 41.8 Å². The molecule has 4 heterocycles. The Balaban J connectivity index is 1.37. The van der Waals surface area contributed by atoms with E-state index in [0.29, 0.717) is 35.5 Å². The molecular weight excluding hydrogens is 514 g/mol. The molecular formula is C23H25F4N7O2S. The van der Waals surface area contributed by atoms with Gasteiger partial charge in [0.25, 0.3) is 5.91 Å². The predicted molar refractivity (Wildman–Crippen MR) is 130 cm³/mol. The number of anilines is 3. The lowest BCUT2D eigenvalue weighted by atomic mass is 10.1. The first kappa shape index (κ1) is 26.7. The van der Waals surface area contributed by atoms with E-state index in [4.69, 9.17) is 4.74 Å². The second-order valence-electron chi connectivity index (χ2n) is 8.48. The molecule has 2 atom stereocenters. The first-order chi connectivity index (χ1) is 17.6. The Bertz CT molecular complexity index is 1210. The Morgan fingerprint density at radius 1 is 1.22 bits per heavy atom. The standard InChI is InChI=1S/C23H25F4N7O2S/c1-3-7-34-8-6-16(15(24)12-34)36-19-5-4-14(9-30-19)31-21(35)20-13(2)33-37-22(20)32-18-11-28-17(10-29-18)23(25,26)27/h4-5,9-11,15-16H,3,6-8,12H2,1-2H3,(H,29,32)(H,31,35)/t15-,16-/m0/s1. The van der Waals surface area contributed by atoms with Crippen LogP contribution in [0.1, 0.15) is 41.5 Å². The largest absolute Gasteiger partial charge is 0.471 e. The van der Waals surface area contributed by atoms with Crippen LogP contribution in [0.4, 0.5) is 34.1 Å². The Labute approximate surface area is 214 Å². The molecule has 1 aliphatic heterocycles. The number of aromatic nitrogens is 4. The molecule has 1 saturated heterocycles. The lowest BCUT2D eigenvalue weighted by molar-refractivity contribution is -0.141. The molecule has 0 radical (unpaired) electrons. The topological polar surface area (TPSA) is 105 Å². The molecule has 0 aliphatic carbocycles. The zero-order chi connectivity index (χ0) is 26.6. The smallest absolute Gasteiger partial charge is 0.434 e. The maximum Gasteiger partial charge on any atom is 0.434 e. The number of ether oxygens (including phenoxy) is 1. The minimum absolute atomic E-state index is 0.0283. The number of alkyl halides is 4. The summed E-state index contributed by atoms with van der Waals surface area (Å²) in [7, 11) is 0. The molecule has 1 aliphatic rings. The molecule has 0 unspecified atom stereocenters. The number of rotatable bonds is 8. The molecule has 4 rings (SSSR count). The van der Waals surface area contributed by atoms with Gasteiger partial charge in [0.1, 0.15) is 23.1 Å². The number of nitrogens with zero attached hydrogens (tertiary/aromatic N) is 5. The van der Waals surface area contributed by atoms with E-state index in [1.807, 2.05) is 0 Å². The molecule has 37 heavy (non-hydrogen) atoms. The van der Waals surface area contributed by atoms with Gasteiger partial charge in [0, 0.05) is 19.2 Å². The molecule has 1 fully saturated rings. The number of carbonyl (C=O) groups excluding carboxylic acids is 1. The van der Waals surface area contributed by atoms with Crippen molar-refractivity contribution < 1.29 is 27.1 Å². The van der Waals surface area contributed by atoms with Gasteiger partial charge in [0.2, 0.25) is 5.88 Å². The maximum absolute atomic E-state index is 14.5. The average molecular weight is 540 g/mol. The van der Waals surface area contributed by atoms with Crippen molar-refractivity contribution in [3.8, 4) is 5.88 Å². The normalized spacial score (nSPS) is 18.4. The highest BCUT2D eigenvalue weighted by Gasteiger charge is 2.33. The fraction of sp³-hybridized carbons (Fsp3) is 0.435. The fourth-order valence-corrected chi connectivity index (χ4v) is 4.65. The predicted octanol–water partition coefficient (Wildman–Crippen LogP) is 4.85. The maximum atomic E-state index is 14.5. The van der Waals surface area contributed by atoms with Gasteiger partial charge in [-0.15, -0.1) is 0 Å². The van der Waals surface area contributed by atoms with Crippen molar-refractivity contribution in [3.05, 3.63) is 47.7 Å². The molecule has 0 spiro atoms. The number of nitrogens with one attached hydrogen (secondary N) is 2. The number of halogens is 4. The number of hydrogen-bond donors (Lipinski definition) is 2. The summed E-state index contributed by atoms with van der Waals surface area (Å²) in [6.07, 6.45) is -1.84. The lowest BCUT2D eigenvalue weighted by Crippen LogP contribution is -2.47. The second kappa shape index (κ2) is 11.3. The van der Waals surface area contributed by atoms with Crippen molar-refractivity contribution in [2.45, 2.75) is 45.1 Å². The Morgan fingerprint density at radius 3 is 2.65 bits per heavy atom.